The summed E-state index contributed by atoms with van der Waals surface area (Å²) >= 11 is -0.800. The maximum absolute atomic E-state index is 5.32. The zero-order chi connectivity index (χ0) is 4.12. The van der Waals surface area contributed by atoms with E-state index >= 15 is 0 Å². The van der Waals surface area contributed by atoms with Crippen LogP contribution in [0.25, 0.3) is 0 Å². The third-order valence-corrected chi connectivity index (χ3v) is 1.96. The van der Waals surface area contributed by atoms with Gasteiger partial charge in [0.25, 0.3) is 0 Å². The molecule has 0 radical (unpaired) electrons. The van der Waals surface area contributed by atoms with Crippen molar-refractivity contribution in [3.8, 4) is 10.4 Å². The van der Waals surface area contributed by atoms with Gasteiger partial charge >= 0.3 is 43.2 Å². The Morgan fingerprint density at radius 2 is 2.40 bits per heavy atom. The molecular formula is C3H3ClZn. The summed E-state index contributed by atoms with van der Waals surface area (Å²) in [6, 6.07) is 0. The van der Waals surface area contributed by atoms with E-state index < -0.39 is 16.1 Å². The van der Waals surface area contributed by atoms with Crippen molar-refractivity contribution in [1.82, 2.24) is 0 Å². The van der Waals surface area contributed by atoms with Crippen LogP contribution in [-0.2, 0) is 16.1 Å². The van der Waals surface area contributed by atoms with Crippen molar-refractivity contribution in [3.63, 3.8) is 0 Å². The topological polar surface area (TPSA) is 0 Å². The van der Waals surface area contributed by atoms with Gasteiger partial charge in [-0.15, -0.1) is 0 Å². The fraction of sp³-hybridized carbons (Fsp3) is 0.333. The Kier molecular flexibility index (Phi) is 4.90. The fourth-order valence-electron chi connectivity index (χ4n) is 0.0668. The van der Waals surface area contributed by atoms with Gasteiger partial charge in [-0.2, -0.15) is 0 Å². The zero-order valence-corrected chi connectivity index (χ0v) is 6.81. The van der Waals surface area contributed by atoms with Crippen LogP contribution in [0.15, 0.2) is 0 Å². The summed E-state index contributed by atoms with van der Waals surface area (Å²) in [5, 5.41) is 0. The van der Waals surface area contributed by atoms with Crippen LogP contribution < -0.4 is 0 Å². The molecule has 0 heterocycles. The van der Waals surface area contributed by atoms with Crippen LogP contribution in [0, 0.1) is 10.4 Å². The zero-order valence-electron chi connectivity index (χ0n) is 3.09. The van der Waals surface area contributed by atoms with E-state index in [1.807, 2.05) is 6.92 Å². The Bertz CT molecular complexity index is 59.0. The summed E-state index contributed by atoms with van der Waals surface area (Å²) < 4.78 is 2.81. The minimum absolute atomic E-state index is 0.800. The first kappa shape index (κ1) is 5.47. The summed E-state index contributed by atoms with van der Waals surface area (Å²) in [7, 11) is 5.32. The van der Waals surface area contributed by atoms with E-state index in [1.165, 1.54) is 0 Å². The molecule has 0 N–H and O–H groups in total. The van der Waals surface area contributed by atoms with Crippen LogP contribution in [-0.4, -0.2) is 0 Å². The van der Waals surface area contributed by atoms with E-state index in [9.17, 15) is 0 Å². The molecule has 0 amide bonds. The Labute approximate surface area is 43.5 Å². The molecule has 0 aromatic rings. The molecule has 0 atom stereocenters. The Morgan fingerprint density at radius 1 is 1.80 bits per heavy atom. The van der Waals surface area contributed by atoms with Gasteiger partial charge in [0, 0.05) is 0 Å². The second-order valence-corrected chi connectivity index (χ2v) is 3.25. The van der Waals surface area contributed by atoms with E-state index in [0.717, 1.165) is 0 Å². The van der Waals surface area contributed by atoms with Gasteiger partial charge in [0.15, 0.2) is 0 Å². The summed E-state index contributed by atoms with van der Waals surface area (Å²) in [4.78, 5) is 0. The van der Waals surface area contributed by atoms with Crippen molar-refractivity contribution in [3.05, 3.63) is 0 Å². The average Bonchev–Trinajstić information content (AvgIpc) is 1.41. The molecule has 0 spiro atoms. The quantitative estimate of drug-likeness (QED) is 0.350. The van der Waals surface area contributed by atoms with Crippen molar-refractivity contribution >= 4 is 9.69 Å². The molecule has 0 nitrogen and oxygen atoms in total. The molecule has 0 aromatic heterocycles. The molecule has 0 rings (SSSR count). The van der Waals surface area contributed by atoms with Crippen molar-refractivity contribution < 1.29 is 16.1 Å². The van der Waals surface area contributed by atoms with E-state index in [0.29, 0.717) is 0 Å². The summed E-state index contributed by atoms with van der Waals surface area (Å²) in [6.07, 6.45) is 0. The van der Waals surface area contributed by atoms with Gasteiger partial charge in [-0.05, 0) is 0 Å². The molecule has 2 heteroatoms. The molecule has 0 saturated carbocycles. The normalized spacial score (nSPS) is 3.60. The second kappa shape index (κ2) is 4.47. The van der Waals surface area contributed by atoms with E-state index in [2.05, 4.69) is 10.4 Å². The standard InChI is InChI=1S/C3H3.ClH.Zn/c1-3-2;;/h1H3;1H;/q;;+1/p-1. The Morgan fingerprint density at radius 3 is 2.40 bits per heavy atom. The van der Waals surface area contributed by atoms with E-state index in [1.54, 1.807) is 0 Å². The second-order valence-electron chi connectivity index (χ2n) is 0.560. The maximum atomic E-state index is 5.32. The Balaban J connectivity index is 2.81. The molecule has 0 unspecified atom stereocenters. The third kappa shape index (κ3) is 4.47. The molecule has 0 aliphatic rings. The van der Waals surface area contributed by atoms with Gasteiger partial charge in [-0.25, -0.2) is 0 Å². The molecule has 24 valence electrons. The van der Waals surface area contributed by atoms with E-state index in [-0.39, 0.29) is 0 Å². The molecule has 0 aromatic carbocycles. The summed E-state index contributed by atoms with van der Waals surface area (Å²) in [5.74, 6) is 2.72. The first-order valence-electron chi connectivity index (χ1n) is 1.37. The first-order chi connectivity index (χ1) is 2.41. The van der Waals surface area contributed by atoms with Gasteiger partial charge in [0.2, 0.25) is 0 Å². The van der Waals surface area contributed by atoms with Gasteiger partial charge in [0.1, 0.15) is 0 Å². The average molecular weight is 140 g/mol. The molecule has 0 aliphatic heterocycles. The van der Waals surface area contributed by atoms with Gasteiger partial charge in [-0.3, -0.25) is 0 Å². The third-order valence-electron chi connectivity index (χ3n) is 0.244. The number of hydrogen-bond acceptors (Lipinski definition) is 0. The Hall–Kier alpha value is 0.473. The molecule has 0 aliphatic carbocycles. The van der Waals surface area contributed by atoms with Crippen LogP contribution in [0.5, 0.6) is 0 Å². The molecule has 0 bridgehead atoms. The van der Waals surface area contributed by atoms with Gasteiger partial charge in [0.05, 0.1) is 0 Å². The predicted octanol–water partition coefficient (Wildman–Crippen LogP) is 1.20. The summed E-state index contributed by atoms with van der Waals surface area (Å²) in [5.41, 5.74) is 0. The number of rotatable bonds is 0. The van der Waals surface area contributed by atoms with Gasteiger partial charge < -0.3 is 0 Å². The molecular weight excluding hydrogens is 137 g/mol. The SMILES string of the molecule is CC#[C][Zn][Cl]. The van der Waals surface area contributed by atoms with E-state index in [4.69, 9.17) is 9.69 Å². The van der Waals surface area contributed by atoms with Crippen LogP contribution in [0.4, 0.5) is 0 Å². The van der Waals surface area contributed by atoms with Crippen molar-refractivity contribution in [2.75, 3.05) is 0 Å². The van der Waals surface area contributed by atoms with Crippen molar-refractivity contribution in [2.24, 2.45) is 0 Å². The van der Waals surface area contributed by atoms with Crippen LogP contribution >= 0.6 is 9.69 Å². The van der Waals surface area contributed by atoms with Crippen molar-refractivity contribution in [2.45, 2.75) is 6.92 Å². The molecule has 0 fully saturated rings. The van der Waals surface area contributed by atoms with Crippen LogP contribution in [0.1, 0.15) is 6.92 Å². The molecule has 5 heavy (non-hydrogen) atoms. The van der Waals surface area contributed by atoms with Crippen LogP contribution in [0.2, 0.25) is 0 Å². The summed E-state index contributed by atoms with van der Waals surface area (Å²) in [6.45, 7) is 1.81. The van der Waals surface area contributed by atoms with Crippen molar-refractivity contribution in [1.29, 1.82) is 0 Å². The first-order valence-corrected chi connectivity index (χ1v) is 6.75. The minimum atomic E-state index is -0.800. The monoisotopic (exact) mass is 138 g/mol. The van der Waals surface area contributed by atoms with Crippen LogP contribution in [0.3, 0.4) is 0 Å². The predicted molar refractivity (Wildman–Crippen MR) is 19.3 cm³/mol. The van der Waals surface area contributed by atoms with Gasteiger partial charge in [-0.1, -0.05) is 0 Å². The number of halogens is 1. The number of hydrogen-bond donors (Lipinski definition) is 0. The molecule has 0 saturated heterocycles. The fourth-order valence-corrected chi connectivity index (χ4v) is 1.04.